The van der Waals surface area contributed by atoms with Crippen LogP contribution in [0, 0.1) is 12.7 Å². The first-order valence-electron chi connectivity index (χ1n) is 4.87. The Labute approximate surface area is 92.8 Å². The molecule has 0 unspecified atom stereocenters. The Morgan fingerprint density at radius 3 is 2.69 bits per heavy atom. The molecule has 1 heterocycles. The lowest BCUT2D eigenvalue weighted by atomic mass is 10.0. The van der Waals surface area contributed by atoms with Crippen LogP contribution in [-0.2, 0) is 0 Å². The fourth-order valence-electron chi connectivity index (χ4n) is 1.50. The van der Waals surface area contributed by atoms with Gasteiger partial charge in [0.2, 0.25) is 0 Å². The van der Waals surface area contributed by atoms with Crippen LogP contribution >= 0.6 is 0 Å². The third-order valence-electron chi connectivity index (χ3n) is 2.39. The van der Waals surface area contributed by atoms with Crippen LogP contribution in [0.2, 0.25) is 0 Å². The second kappa shape index (κ2) is 4.23. The summed E-state index contributed by atoms with van der Waals surface area (Å²) in [6.07, 6.45) is 3.89. The van der Waals surface area contributed by atoms with Crippen molar-refractivity contribution in [2.45, 2.75) is 6.92 Å². The number of rotatable bonds is 2. The third-order valence-corrected chi connectivity index (χ3v) is 2.39. The molecule has 1 aromatic heterocycles. The van der Waals surface area contributed by atoms with Crippen molar-refractivity contribution >= 4 is 6.29 Å². The predicted molar refractivity (Wildman–Crippen MR) is 59.8 cm³/mol. The van der Waals surface area contributed by atoms with Crippen molar-refractivity contribution in [2.75, 3.05) is 0 Å². The van der Waals surface area contributed by atoms with Gasteiger partial charge < -0.3 is 0 Å². The van der Waals surface area contributed by atoms with Crippen molar-refractivity contribution < 1.29 is 9.18 Å². The van der Waals surface area contributed by atoms with E-state index < -0.39 is 0 Å². The first-order valence-corrected chi connectivity index (χ1v) is 4.87. The normalized spacial score (nSPS) is 10.1. The fourth-order valence-corrected chi connectivity index (χ4v) is 1.50. The Morgan fingerprint density at radius 1 is 1.19 bits per heavy atom. The number of nitrogens with zero attached hydrogens (tertiary/aromatic N) is 1. The molecule has 0 aliphatic carbocycles. The van der Waals surface area contributed by atoms with Crippen molar-refractivity contribution in [3.05, 3.63) is 53.6 Å². The summed E-state index contributed by atoms with van der Waals surface area (Å²) in [6, 6.07) is 6.56. The van der Waals surface area contributed by atoms with Gasteiger partial charge in [-0.05, 0) is 36.2 Å². The molecule has 0 aliphatic heterocycles. The van der Waals surface area contributed by atoms with Crippen molar-refractivity contribution in [1.29, 1.82) is 0 Å². The number of halogens is 1. The number of hydrogen-bond donors (Lipinski definition) is 0. The summed E-state index contributed by atoms with van der Waals surface area (Å²) in [5, 5.41) is 0. The minimum Gasteiger partial charge on any atom is -0.298 e. The largest absolute Gasteiger partial charge is 0.298 e. The van der Waals surface area contributed by atoms with Crippen LogP contribution in [0.1, 0.15) is 15.9 Å². The molecular weight excluding hydrogens is 205 g/mol. The highest BCUT2D eigenvalue weighted by Gasteiger charge is 2.02. The molecular formula is C13H10FNO. The third kappa shape index (κ3) is 1.98. The second-order valence-electron chi connectivity index (χ2n) is 3.59. The van der Waals surface area contributed by atoms with Gasteiger partial charge in [0.15, 0.2) is 6.29 Å². The molecule has 0 amide bonds. The molecule has 0 saturated carbocycles. The number of hydrogen-bond acceptors (Lipinski definition) is 2. The minimum absolute atomic E-state index is 0.233. The highest BCUT2D eigenvalue weighted by Crippen LogP contribution is 2.21. The van der Waals surface area contributed by atoms with E-state index in [4.69, 9.17) is 0 Å². The Balaban J connectivity index is 2.49. The monoisotopic (exact) mass is 215 g/mol. The summed E-state index contributed by atoms with van der Waals surface area (Å²) in [5.41, 5.74) is 2.76. The van der Waals surface area contributed by atoms with Crippen LogP contribution in [0.4, 0.5) is 4.39 Å². The van der Waals surface area contributed by atoms with Crippen molar-refractivity contribution in [3.8, 4) is 11.1 Å². The van der Waals surface area contributed by atoms with Crippen LogP contribution < -0.4 is 0 Å². The van der Waals surface area contributed by atoms with E-state index in [2.05, 4.69) is 4.98 Å². The molecule has 0 N–H and O–H groups in total. The highest BCUT2D eigenvalue weighted by atomic mass is 19.1. The van der Waals surface area contributed by atoms with Gasteiger partial charge in [-0.2, -0.15) is 0 Å². The number of aromatic nitrogens is 1. The molecule has 1 aromatic carbocycles. The van der Waals surface area contributed by atoms with E-state index in [1.54, 1.807) is 31.3 Å². The highest BCUT2D eigenvalue weighted by molar-refractivity contribution is 5.78. The fraction of sp³-hybridized carbons (Fsp3) is 0.0769. The Hall–Kier alpha value is -2.03. The number of carbonyl (C=O) groups excluding carboxylic acids is 1. The Bertz CT molecular complexity index is 537. The van der Waals surface area contributed by atoms with E-state index in [1.807, 2.05) is 0 Å². The topological polar surface area (TPSA) is 30.0 Å². The molecule has 0 fully saturated rings. The van der Waals surface area contributed by atoms with Crippen LogP contribution in [0.15, 0.2) is 36.7 Å². The van der Waals surface area contributed by atoms with Gasteiger partial charge in [-0.1, -0.05) is 6.07 Å². The maximum absolute atomic E-state index is 13.1. The number of carbonyl (C=O) groups is 1. The maximum Gasteiger partial charge on any atom is 0.151 e. The van der Waals surface area contributed by atoms with Crippen molar-refractivity contribution in [1.82, 2.24) is 4.98 Å². The van der Waals surface area contributed by atoms with Crippen molar-refractivity contribution in [2.24, 2.45) is 0 Å². The van der Waals surface area contributed by atoms with E-state index in [-0.39, 0.29) is 5.82 Å². The van der Waals surface area contributed by atoms with Gasteiger partial charge in [-0.3, -0.25) is 9.78 Å². The van der Waals surface area contributed by atoms with Gasteiger partial charge in [0, 0.05) is 23.5 Å². The number of benzene rings is 1. The number of aldehydes is 1. The lowest BCUT2D eigenvalue weighted by Gasteiger charge is -2.03. The molecule has 80 valence electrons. The van der Waals surface area contributed by atoms with Gasteiger partial charge in [0.05, 0.1) is 0 Å². The first-order chi connectivity index (χ1) is 7.70. The zero-order valence-electron chi connectivity index (χ0n) is 8.77. The Morgan fingerprint density at radius 2 is 2.00 bits per heavy atom. The number of aryl methyl sites for hydroxylation is 1. The summed E-state index contributed by atoms with van der Waals surface area (Å²) < 4.78 is 13.1. The van der Waals surface area contributed by atoms with Gasteiger partial charge in [-0.15, -0.1) is 0 Å². The summed E-state index contributed by atoms with van der Waals surface area (Å²) >= 11 is 0. The summed E-state index contributed by atoms with van der Waals surface area (Å²) in [4.78, 5) is 14.6. The van der Waals surface area contributed by atoms with E-state index in [9.17, 15) is 9.18 Å². The zero-order valence-corrected chi connectivity index (χ0v) is 8.77. The predicted octanol–water partition coefficient (Wildman–Crippen LogP) is 3.01. The summed E-state index contributed by atoms with van der Waals surface area (Å²) in [7, 11) is 0. The van der Waals surface area contributed by atoms with Gasteiger partial charge >= 0.3 is 0 Å². The molecule has 3 heteroatoms. The van der Waals surface area contributed by atoms with E-state index >= 15 is 0 Å². The van der Waals surface area contributed by atoms with Gasteiger partial charge in [0.1, 0.15) is 5.82 Å². The SMILES string of the molecule is Cc1cc(-c2cncc(C=O)c2)ccc1F. The molecule has 0 radical (unpaired) electrons. The first kappa shape index (κ1) is 10.5. The second-order valence-corrected chi connectivity index (χ2v) is 3.59. The maximum atomic E-state index is 13.1. The average molecular weight is 215 g/mol. The molecule has 0 aliphatic rings. The van der Waals surface area contributed by atoms with E-state index in [0.29, 0.717) is 11.1 Å². The molecule has 0 atom stereocenters. The summed E-state index contributed by atoms with van der Waals surface area (Å²) in [6.45, 7) is 1.70. The average Bonchev–Trinajstić information content (AvgIpc) is 2.33. The Kier molecular flexibility index (Phi) is 2.77. The van der Waals surface area contributed by atoms with Crippen LogP contribution in [0.5, 0.6) is 0 Å². The van der Waals surface area contributed by atoms with Crippen LogP contribution in [0.25, 0.3) is 11.1 Å². The van der Waals surface area contributed by atoms with E-state index in [0.717, 1.165) is 17.4 Å². The molecule has 0 bridgehead atoms. The molecule has 16 heavy (non-hydrogen) atoms. The van der Waals surface area contributed by atoms with Gasteiger partial charge in [-0.25, -0.2) is 4.39 Å². The smallest absolute Gasteiger partial charge is 0.151 e. The molecule has 2 nitrogen and oxygen atoms in total. The lowest BCUT2D eigenvalue weighted by Crippen LogP contribution is -1.88. The van der Waals surface area contributed by atoms with Crippen molar-refractivity contribution in [3.63, 3.8) is 0 Å². The van der Waals surface area contributed by atoms with Crippen LogP contribution in [0.3, 0.4) is 0 Å². The quantitative estimate of drug-likeness (QED) is 0.721. The standard InChI is InChI=1S/C13H10FNO/c1-9-4-11(2-3-13(9)14)12-5-10(8-16)6-15-7-12/h2-8H,1H3. The molecule has 0 spiro atoms. The molecule has 0 saturated heterocycles. The summed E-state index contributed by atoms with van der Waals surface area (Å²) in [5.74, 6) is -0.233. The van der Waals surface area contributed by atoms with Crippen LogP contribution in [-0.4, -0.2) is 11.3 Å². The molecule has 2 aromatic rings. The zero-order chi connectivity index (χ0) is 11.5. The minimum atomic E-state index is -0.233. The van der Waals surface area contributed by atoms with Gasteiger partial charge in [0.25, 0.3) is 0 Å². The lowest BCUT2D eigenvalue weighted by molar-refractivity contribution is 0.112. The number of pyridine rings is 1. The van der Waals surface area contributed by atoms with E-state index in [1.165, 1.54) is 12.3 Å². The molecule has 2 rings (SSSR count).